The lowest BCUT2D eigenvalue weighted by Gasteiger charge is -2.39. The molecule has 0 radical (unpaired) electrons. The van der Waals surface area contributed by atoms with Gasteiger partial charge in [-0.1, -0.05) is 84.9 Å². The van der Waals surface area contributed by atoms with E-state index in [1.165, 1.54) is 0 Å². The van der Waals surface area contributed by atoms with Crippen molar-refractivity contribution in [1.29, 1.82) is 5.26 Å². The Morgan fingerprint density at radius 2 is 0.986 bits per heavy atom. The number of fused-ring (bicyclic) bond motifs is 18. The predicted octanol–water partition coefficient (Wildman–Crippen LogP) is 14.7. The van der Waals surface area contributed by atoms with E-state index in [1.54, 1.807) is 0 Å². The zero-order valence-corrected chi connectivity index (χ0v) is 36.6. The molecule has 1 atom stereocenters. The third kappa shape index (κ3) is 4.88. The van der Waals surface area contributed by atoms with Crippen molar-refractivity contribution in [2.45, 2.75) is 5.41 Å². The molecule has 69 heavy (non-hydrogen) atoms. The van der Waals surface area contributed by atoms with Crippen LogP contribution in [0.1, 0.15) is 27.8 Å². The molecule has 8 heteroatoms. The number of para-hydroxylation sites is 4. The molecule has 0 saturated carbocycles. The number of pyridine rings is 2. The van der Waals surface area contributed by atoms with Gasteiger partial charge in [-0.2, -0.15) is 5.26 Å². The Morgan fingerprint density at radius 3 is 1.71 bits per heavy atom. The second-order valence-corrected chi connectivity index (χ2v) is 17.9. The van der Waals surface area contributed by atoms with E-state index in [0.717, 1.165) is 128 Å². The monoisotopic (exact) mass is 879 g/mol. The highest BCUT2D eigenvalue weighted by atomic mass is 16.5. The standard InChI is InChI=1S/C61H33N7O/c1-63-37-21-25-55-45(30-37)42-12-3-8-18-53(42)68(55)40-33-50-60(65-35-40)59-48(15-10-28-64-59)61(50)47-14-5-9-19-57(47)69-58-27-23-39(32-49(58)61)67-52-17-7-4-13-43(52)46-31-38(22-26-56(46)67)66-51-16-6-2-11-41(51)44-29-36(34-62)20-24-54(44)66/h2-33,35H. The van der Waals surface area contributed by atoms with Crippen LogP contribution in [0.2, 0.25) is 0 Å². The summed E-state index contributed by atoms with van der Waals surface area (Å²) < 4.78 is 13.9. The maximum Gasteiger partial charge on any atom is 0.188 e. The lowest BCUT2D eigenvalue weighted by Crippen LogP contribution is -2.32. The summed E-state index contributed by atoms with van der Waals surface area (Å²) in [6, 6.07) is 67.9. The molecular formula is C61H33N7O. The summed E-state index contributed by atoms with van der Waals surface area (Å²) in [5.41, 5.74) is 15.4. The Balaban J connectivity index is 0.981. The summed E-state index contributed by atoms with van der Waals surface area (Å²) in [6.45, 7) is 7.79. The number of aromatic nitrogens is 5. The fourth-order valence-electron chi connectivity index (χ4n) is 11.8. The van der Waals surface area contributed by atoms with Crippen molar-refractivity contribution in [3.05, 3.63) is 240 Å². The number of rotatable bonds is 3. The van der Waals surface area contributed by atoms with E-state index in [9.17, 15) is 5.26 Å². The molecule has 0 bridgehead atoms. The van der Waals surface area contributed by atoms with Gasteiger partial charge in [0.25, 0.3) is 0 Å². The molecule has 6 heterocycles. The average Bonchev–Trinajstić information content (AvgIpc) is 4.12. The van der Waals surface area contributed by atoms with Crippen LogP contribution in [0.5, 0.6) is 11.5 Å². The number of nitriles is 1. The van der Waals surface area contributed by atoms with Crippen LogP contribution in [-0.2, 0) is 5.41 Å². The second-order valence-electron chi connectivity index (χ2n) is 17.9. The van der Waals surface area contributed by atoms with Gasteiger partial charge in [0.05, 0.1) is 80.0 Å². The van der Waals surface area contributed by atoms with E-state index in [0.29, 0.717) is 11.3 Å². The minimum atomic E-state index is -0.855. The first-order valence-electron chi connectivity index (χ1n) is 22.9. The zero-order chi connectivity index (χ0) is 45.5. The number of nitrogens with zero attached hydrogens (tertiary/aromatic N) is 7. The van der Waals surface area contributed by atoms with Gasteiger partial charge in [-0.05, 0) is 114 Å². The quantitative estimate of drug-likeness (QED) is 0.166. The van der Waals surface area contributed by atoms with Gasteiger partial charge in [0, 0.05) is 61.2 Å². The highest BCUT2D eigenvalue weighted by Gasteiger charge is 2.53. The largest absolute Gasteiger partial charge is 0.457 e. The van der Waals surface area contributed by atoms with Crippen LogP contribution in [-0.4, -0.2) is 23.7 Å². The molecular weight excluding hydrogens is 847 g/mol. The van der Waals surface area contributed by atoms with Gasteiger partial charge >= 0.3 is 0 Å². The SMILES string of the molecule is [C-]#[N+]c1ccc2c(c1)c1ccccc1n2-c1cnc2c(c1)C1(c3ccccc3Oc3ccc(-n4c5ccccc5c5cc(-n6c7ccccc7c7cc(C#N)ccc76)ccc54)cc31)c1cccnc1-2. The van der Waals surface area contributed by atoms with Gasteiger partial charge in [-0.15, -0.1) is 0 Å². The fraction of sp³-hybridized carbons (Fsp3) is 0.0164. The molecule has 8 nitrogen and oxygen atoms in total. The van der Waals surface area contributed by atoms with Gasteiger partial charge in [-0.3, -0.25) is 9.97 Å². The Kier molecular flexibility index (Phi) is 7.41. The van der Waals surface area contributed by atoms with Crippen LogP contribution < -0.4 is 4.74 Å². The Bertz CT molecular complexity index is 4520. The summed E-state index contributed by atoms with van der Waals surface area (Å²) in [6.07, 6.45) is 3.82. The van der Waals surface area contributed by atoms with E-state index in [-0.39, 0.29) is 0 Å². The van der Waals surface area contributed by atoms with Crippen molar-refractivity contribution in [2.24, 2.45) is 0 Å². The van der Waals surface area contributed by atoms with Crippen LogP contribution in [0.4, 0.5) is 5.69 Å². The zero-order valence-electron chi connectivity index (χ0n) is 36.6. The molecule has 8 aromatic carbocycles. The molecule has 1 aliphatic heterocycles. The first-order chi connectivity index (χ1) is 34.1. The molecule has 0 N–H and O–H groups in total. The molecule has 1 aliphatic carbocycles. The third-order valence-corrected chi connectivity index (χ3v) is 14.6. The van der Waals surface area contributed by atoms with E-state index >= 15 is 0 Å². The van der Waals surface area contributed by atoms with Gasteiger partial charge in [0.2, 0.25) is 0 Å². The number of hydrogen-bond acceptors (Lipinski definition) is 4. The molecule has 0 saturated heterocycles. The normalized spacial score (nSPS) is 14.5. The van der Waals surface area contributed by atoms with Crippen molar-refractivity contribution >= 4 is 71.1 Å². The highest BCUT2D eigenvalue weighted by molar-refractivity contribution is 6.13. The van der Waals surface area contributed by atoms with Crippen molar-refractivity contribution in [1.82, 2.24) is 23.7 Å². The third-order valence-electron chi connectivity index (χ3n) is 14.6. The van der Waals surface area contributed by atoms with E-state index < -0.39 is 5.41 Å². The van der Waals surface area contributed by atoms with Crippen molar-refractivity contribution in [3.63, 3.8) is 0 Å². The molecule has 5 aromatic heterocycles. The topological polar surface area (TPSA) is 78.0 Å². The first-order valence-corrected chi connectivity index (χ1v) is 22.9. The van der Waals surface area contributed by atoms with Crippen LogP contribution in [0.25, 0.3) is 98.7 Å². The first kappa shape index (κ1) is 37.5. The Hall–Kier alpha value is -9.76. The van der Waals surface area contributed by atoms with E-state index in [1.807, 2.05) is 48.8 Å². The highest BCUT2D eigenvalue weighted by Crippen LogP contribution is 2.62. The van der Waals surface area contributed by atoms with Crippen LogP contribution in [0.15, 0.2) is 200 Å². The number of ether oxygens (including phenoxy) is 1. The van der Waals surface area contributed by atoms with E-state index in [4.69, 9.17) is 21.3 Å². The van der Waals surface area contributed by atoms with Crippen molar-refractivity contribution < 1.29 is 4.74 Å². The summed E-state index contributed by atoms with van der Waals surface area (Å²) in [7, 11) is 0. The number of benzene rings is 8. The Labute approximate surface area is 394 Å². The van der Waals surface area contributed by atoms with Crippen LogP contribution >= 0.6 is 0 Å². The van der Waals surface area contributed by atoms with Gasteiger partial charge < -0.3 is 18.4 Å². The fourth-order valence-corrected chi connectivity index (χ4v) is 11.8. The molecule has 0 amide bonds. The van der Waals surface area contributed by atoms with E-state index in [2.05, 4.69) is 176 Å². The van der Waals surface area contributed by atoms with Crippen LogP contribution in [0, 0.1) is 17.9 Å². The van der Waals surface area contributed by atoms with Gasteiger partial charge in [-0.25, -0.2) is 4.85 Å². The molecule has 13 aromatic rings. The maximum absolute atomic E-state index is 9.81. The molecule has 0 fully saturated rings. The van der Waals surface area contributed by atoms with Crippen molar-refractivity contribution in [2.75, 3.05) is 0 Å². The minimum Gasteiger partial charge on any atom is -0.457 e. The predicted molar refractivity (Wildman–Crippen MR) is 273 cm³/mol. The van der Waals surface area contributed by atoms with Gasteiger partial charge in [0.1, 0.15) is 11.5 Å². The van der Waals surface area contributed by atoms with Crippen LogP contribution in [0.3, 0.4) is 0 Å². The van der Waals surface area contributed by atoms with Crippen molar-refractivity contribution in [3.8, 4) is 46.0 Å². The molecule has 318 valence electrons. The molecule has 2 aliphatic rings. The Morgan fingerprint density at radius 1 is 0.449 bits per heavy atom. The molecule has 1 unspecified atom stereocenters. The lowest BCUT2D eigenvalue weighted by atomic mass is 9.66. The lowest BCUT2D eigenvalue weighted by molar-refractivity contribution is 0.436. The molecule has 1 spiro atoms. The minimum absolute atomic E-state index is 0.604. The summed E-state index contributed by atoms with van der Waals surface area (Å²) in [5, 5.41) is 16.3. The summed E-state index contributed by atoms with van der Waals surface area (Å²) in [5.74, 6) is 1.55. The second kappa shape index (κ2) is 13.6. The molecule has 15 rings (SSSR count). The number of hydrogen-bond donors (Lipinski definition) is 0. The van der Waals surface area contributed by atoms with Gasteiger partial charge in [0.15, 0.2) is 5.69 Å². The summed E-state index contributed by atoms with van der Waals surface area (Å²) in [4.78, 5) is 14.2. The average molecular weight is 880 g/mol. The summed E-state index contributed by atoms with van der Waals surface area (Å²) >= 11 is 0. The smallest absolute Gasteiger partial charge is 0.188 e. The maximum atomic E-state index is 9.81.